The SMILES string of the molecule is O=C(c1ccc(C(F)(F)F)cc1)N1CCCC(c2nccs2)C1. The van der Waals surface area contributed by atoms with E-state index in [2.05, 4.69) is 4.98 Å². The molecule has 2 aromatic rings. The molecule has 7 heteroatoms. The summed E-state index contributed by atoms with van der Waals surface area (Å²) in [6.07, 6.45) is -0.791. The first kappa shape index (κ1) is 16.0. The quantitative estimate of drug-likeness (QED) is 0.822. The third-order valence-corrected chi connectivity index (χ3v) is 4.91. The zero-order valence-corrected chi connectivity index (χ0v) is 13.0. The molecule has 0 N–H and O–H groups in total. The Morgan fingerprint density at radius 2 is 2.00 bits per heavy atom. The molecular formula is C16H15F3N2OS. The molecule has 2 heterocycles. The Hall–Kier alpha value is -1.89. The van der Waals surface area contributed by atoms with Gasteiger partial charge in [0.25, 0.3) is 5.91 Å². The first-order valence-electron chi connectivity index (χ1n) is 7.31. The van der Waals surface area contributed by atoms with E-state index in [1.54, 1.807) is 22.4 Å². The highest BCUT2D eigenvalue weighted by Crippen LogP contribution is 2.31. The van der Waals surface area contributed by atoms with E-state index in [4.69, 9.17) is 0 Å². The second-order valence-electron chi connectivity index (χ2n) is 5.54. The lowest BCUT2D eigenvalue weighted by Gasteiger charge is -2.32. The second-order valence-corrected chi connectivity index (χ2v) is 6.46. The molecule has 0 aliphatic carbocycles. The van der Waals surface area contributed by atoms with Gasteiger partial charge in [-0.05, 0) is 37.1 Å². The second kappa shape index (κ2) is 6.31. The van der Waals surface area contributed by atoms with Crippen molar-refractivity contribution in [1.82, 2.24) is 9.88 Å². The number of nitrogens with zero attached hydrogens (tertiary/aromatic N) is 2. The third-order valence-electron chi connectivity index (χ3n) is 3.97. The maximum atomic E-state index is 12.6. The standard InChI is InChI=1S/C16H15F3N2OS/c17-16(18,19)13-5-3-11(4-6-13)15(22)21-8-1-2-12(10-21)14-20-7-9-23-14/h3-7,9,12H,1-2,8,10H2. The van der Waals surface area contributed by atoms with Gasteiger partial charge in [0.2, 0.25) is 0 Å². The fourth-order valence-electron chi connectivity index (χ4n) is 2.78. The minimum absolute atomic E-state index is 0.210. The fraction of sp³-hybridized carbons (Fsp3) is 0.375. The van der Waals surface area contributed by atoms with Crippen molar-refractivity contribution in [1.29, 1.82) is 0 Å². The minimum atomic E-state index is -4.39. The van der Waals surface area contributed by atoms with Crippen LogP contribution in [0.1, 0.15) is 39.7 Å². The van der Waals surface area contributed by atoms with E-state index in [0.29, 0.717) is 13.1 Å². The molecule has 1 atom stereocenters. The molecule has 1 aromatic heterocycles. The van der Waals surface area contributed by atoms with E-state index in [1.807, 2.05) is 5.38 Å². The number of hydrogen-bond donors (Lipinski definition) is 0. The van der Waals surface area contributed by atoms with Gasteiger partial charge in [-0.3, -0.25) is 4.79 Å². The lowest BCUT2D eigenvalue weighted by atomic mass is 9.98. The molecular weight excluding hydrogens is 325 g/mol. The van der Waals surface area contributed by atoms with E-state index in [1.165, 1.54) is 12.1 Å². The largest absolute Gasteiger partial charge is 0.416 e. The van der Waals surface area contributed by atoms with Crippen LogP contribution < -0.4 is 0 Å². The summed E-state index contributed by atoms with van der Waals surface area (Å²) < 4.78 is 37.7. The smallest absolute Gasteiger partial charge is 0.338 e. The van der Waals surface area contributed by atoms with E-state index >= 15 is 0 Å². The van der Waals surface area contributed by atoms with E-state index in [0.717, 1.165) is 30.0 Å². The summed E-state index contributed by atoms with van der Waals surface area (Å²) in [4.78, 5) is 18.5. The molecule has 3 rings (SSSR count). The van der Waals surface area contributed by atoms with Crippen LogP contribution in [-0.4, -0.2) is 28.9 Å². The molecule has 23 heavy (non-hydrogen) atoms. The first-order valence-corrected chi connectivity index (χ1v) is 8.19. The molecule has 122 valence electrons. The highest BCUT2D eigenvalue weighted by molar-refractivity contribution is 7.09. The monoisotopic (exact) mass is 340 g/mol. The van der Waals surface area contributed by atoms with Gasteiger partial charge in [-0.25, -0.2) is 4.98 Å². The van der Waals surface area contributed by atoms with Crippen molar-refractivity contribution in [2.75, 3.05) is 13.1 Å². The molecule has 0 spiro atoms. The summed E-state index contributed by atoms with van der Waals surface area (Å²) in [7, 11) is 0. The fourth-order valence-corrected chi connectivity index (χ4v) is 3.55. The number of halogens is 3. The van der Waals surface area contributed by atoms with Crippen molar-refractivity contribution >= 4 is 17.2 Å². The number of hydrogen-bond acceptors (Lipinski definition) is 3. The lowest BCUT2D eigenvalue weighted by Crippen LogP contribution is -2.39. The Balaban J connectivity index is 1.72. The van der Waals surface area contributed by atoms with E-state index < -0.39 is 11.7 Å². The van der Waals surface area contributed by atoms with Gasteiger partial charge in [0.15, 0.2) is 0 Å². The predicted molar refractivity (Wildman–Crippen MR) is 81.4 cm³/mol. The van der Waals surface area contributed by atoms with E-state index in [-0.39, 0.29) is 17.4 Å². The molecule has 1 aliphatic heterocycles. The molecule has 1 unspecified atom stereocenters. The van der Waals surface area contributed by atoms with Crippen LogP contribution in [0.2, 0.25) is 0 Å². The van der Waals surface area contributed by atoms with Crippen LogP contribution in [0.4, 0.5) is 13.2 Å². The summed E-state index contributed by atoms with van der Waals surface area (Å²) in [5, 5.41) is 2.92. The zero-order valence-electron chi connectivity index (χ0n) is 12.2. The summed E-state index contributed by atoms with van der Waals surface area (Å²) >= 11 is 1.57. The summed E-state index contributed by atoms with van der Waals surface area (Å²) in [6.45, 7) is 1.19. The lowest BCUT2D eigenvalue weighted by molar-refractivity contribution is -0.137. The number of carbonyl (C=O) groups excluding carboxylic acids is 1. The number of benzene rings is 1. The molecule has 1 amide bonds. The van der Waals surface area contributed by atoms with Gasteiger partial charge in [-0.2, -0.15) is 13.2 Å². The maximum absolute atomic E-state index is 12.6. The van der Waals surface area contributed by atoms with Gasteiger partial charge >= 0.3 is 6.18 Å². The van der Waals surface area contributed by atoms with Crippen molar-refractivity contribution in [3.8, 4) is 0 Å². The average molecular weight is 340 g/mol. The predicted octanol–water partition coefficient (Wildman–Crippen LogP) is 4.18. The number of alkyl halides is 3. The highest BCUT2D eigenvalue weighted by atomic mass is 32.1. The molecule has 1 aliphatic rings. The molecule has 0 radical (unpaired) electrons. The van der Waals surface area contributed by atoms with Gasteiger partial charge in [0.05, 0.1) is 10.6 Å². The van der Waals surface area contributed by atoms with Crippen LogP contribution in [0.3, 0.4) is 0 Å². The average Bonchev–Trinajstić information content (AvgIpc) is 3.08. The Labute approximate surface area is 135 Å². The number of amides is 1. The van der Waals surface area contributed by atoms with Crippen LogP contribution in [-0.2, 0) is 6.18 Å². The van der Waals surface area contributed by atoms with Gasteiger partial charge in [-0.15, -0.1) is 11.3 Å². The number of likely N-dealkylation sites (tertiary alicyclic amines) is 1. The van der Waals surface area contributed by atoms with Crippen LogP contribution in [0.5, 0.6) is 0 Å². The van der Waals surface area contributed by atoms with Crippen molar-refractivity contribution in [2.45, 2.75) is 24.9 Å². The number of carbonyl (C=O) groups is 1. The number of rotatable bonds is 2. The van der Waals surface area contributed by atoms with Gasteiger partial charge in [0.1, 0.15) is 0 Å². The number of thiazole rings is 1. The van der Waals surface area contributed by atoms with Gasteiger partial charge < -0.3 is 4.90 Å². The molecule has 3 nitrogen and oxygen atoms in total. The normalized spacial score (nSPS) is 18.9. The van der Waals surface area contributed by atoms with Crippen molar-refractivity contribution < 1.29 is 18.0 Å². The summed E-state index contributed by atoms with van der Waals surface area (Å²) in [5.74, 6) is -0.0119. The Bertz CT molecular complexity index is 668. The summed E-state index contributed by atoms with van der Waals surface area (Å²) in [6, 6.07) is 4.40. The topological polar surface area (TPSA) is 33.2 Å². The molecule has 1 fully saturated rings. The van der Waals surface area contributed by atoms with Crippen LogP contribution >= 0.6 is 11.3 Å². The molecule has 1 saturated heterocycles. The van der Waals surface area contributed by atoms with E-state index in [9.17, 15) is 18.0 Å². The number of piperidine rings is 1. The third kappa shape index (κ3) is 3.55. The van der Waals surface area contributed by atoms with Crippen LogP contribution in [0.25, 0.3) is 0 Å². The highest BCUT2D eigenvalue weighted by Gasteiger charge is 2.31. The minimum Gasteiger partial charge on any atom is -0.338 e. The van der Waals surface area contributed by atoms with Crippen LogP contribution in [0, 0.1) is 0 Å². The Morgan fingerprint density at radius 3 is 2.61 bits per heavy atom. The first-order chi connectivity index (χ1) is 10.9. The van der Waals surface area contributed by atoms with Gasteiger partial charge in [-0.1, -0.05) is 0 Å². The summed E-state index contributed by atoms with van der Waals surface area (Å²) in [5.41, 5.74) is -0.453. The van der Waals surface area contributed by atoms with Crippen molar-refractivity contribution in [2.24, 2.45) is 0 Å². The zero-order chi connectivity index (χ0) is 16.4. The van der Waals surface area contributed by atoms with Crippen molar-refractivity contribution in [3.63, 3.8) is 0 Å². The van der Waals surface area contributed by atoms with Crippen molar-refractivity contribution in [3.05, 3.63) is 52.0 Å². The number of aromatic nitrogens is 1. The molecule has 1 aromatic carbocycles. The Kier molecular flexibility index (Phi) is 4.39. The molecule has 0 saturated carbocycles. The molecule has 0 bridgehead atoms. The van der Waals surface area contributed by atoms with Crippen LogP contribution in [0.15, 0.2) is 35.8 Å². The Morgan fingerprint density at radius 1 is 1.26 bits per heavy atom. The van der Waals surface area contributed by atoms with Gasteiger partial charge in [0, 0.05) is 36.1 Å². The maximum Gasteiger partial charge on any atom is 0.416 e.